The van der Waals surface area contributed by atoms with E-state index in [-0.39, 0.29) is 5.63 Å². The van der Waals surface area contributed by atoms with E-state index in [0.29, 0.717) is 11.4 Å². The Hall–Kier alpha value is -3.26. The van der Waals surface area contributed by atoms with Crippen LogP contribution >= 0.6 is 0 Å². The summed E-state index contributed by atoms with van der Waals surface area (Å²) < 4.78 is 7.29. The van der Waals surface area contributed by atoms with Crippen LogP contribution in [0.4, 0.5) is 5.82 Å². The van der Waals surface area contributed by atoms with E-state index >= 15 is 0 Å². The standard InChI is InChI=1S/C22H24N6O2/c1-14-8-15(2)21-18(9-14)17(11-20(29)30-21)12-26-4-6-27(7-5-26)19-10-16(3)25-22-23-13-24-28(19)22/h8-11,13H,4-7,12H2,1-3H3. The molecule has 0 bridgehead atoms. The number of aromatic nitrogens is 4. The molecule has 1 saturated heterocycles. The van der Waals surface area contributed by atoms with Crippen molar-refractivity contribution in [2.75, 3.05) is 31.1 Å². The Morgan fingerprint density at radius 2 is 1.83 bits per heavy atom. The van der Waals surface area contributed by atoms with Crippen LogP contribution in [0.2, 0.25) is 0 Å². The van der Waals surface area contributed by atoms with Crippen LogP contribution in [0.25, 0.3) is 16.7 Å². The van der Waals surface area contributed by atoms with E-state index in [1.807, 2.05) is 13.8 Å². The van der Waals surface area contributed by atoms with Gasteiger partial charge in [0.25, 0.3) is 5.78 Å². The Kier molecular flexibility index (Phi) is 4.51. The first-order valence-electron chi connectivity index (χ1n) is 10.2. The topological polar surface area (TPSA) is 79.8 Å². The van der Waals surface area contributed by atoms with Crippen molar-refractivity contribution in [1.29, 1.82) is 0 Å². The molecule has 30 heavy (non-hydrogen) atoms. The minimum atomic E-state index is -0.288. The lowest BCUT2D eigenvalue weighted by atomic mass is 10.0. The van der Waals surface area contributed by atoms with Gasteiger partial charge in [0.05, 0.1) is 0 Å². The molecule has 0 spiro atoms. The first-order valence-corrected chi connectivity index (χ1v) is 10.2. The zero-order valence-corrected chi connectivity index (χ0v) is 17.4. The number of anilines is 1. The lowest BCUT2D eigenvalue weighted by molar-refractivity contribution is 0.249. The molecule has 1 fully saturated rings. The van der Waals surface area contributed by atoms with Gasteiger partial charge in [-0.2, -0.15) is 14.6 Å². The second kappa shape index (κ2) is 7.21. The number of aryl methyl sites for hydroxylation is 3. The van der Waals surface area contributed by atoms with Crippen molar-refractivity contribution < 1.29 is 4.42 Å². The monoisotopic (exact) mass is 404 g/mol. The highest BCUT2D eigenvalue weighted by atomic mass is 16.4. The summed E-state index contributed by atoms with van der Waals surface area (Å²) >= 11 is 0. The molecule has 0 aliphatic carbocycles. The lowest BCUT2D eigenvalue weighted by Gasteiger charge is -2.36. The van der Waals surface area contributed by atoms with Crippen LogP contribution in [-0.2, 0) is 6.54 Å². The molecule has 0 amide bonds. The fraction of sp³-hybridized carbons (Fsp3) is 0.364. The van der Waals surface area contributed by atoms with E-state index in [1.54, 1.807) is 10.6 Å². The van der Waals surface area contributed by atoms with E-state index in [4.69, 9.17) is 4.42 Å². The van der Waals surface area contributed by atoms with Crippen LogP contribution in [0.3, 0.4) is 0 Å². The predicted octanol–water partition coefficient (Wildman–Crippen LogP) is 2.48. The number of nitrogens with zero attached hydrogens (tertiary/aromatic N) is 6. The molecular formula is C22H24N6O2. The second-order valence-electron chi connectivity index (χ2n) is 8.04. The summed E-state index contributed by atoms with van der Waals surface area (Å²) in [6.45, 7) is 10.3. The first kappa shape index (κ1) is 18.7. The van der Waals surface area contributed by atoms with Gasteiger partial charge >= 0.3 is 5.63 Å². The highest BCUT2D eigenvalue weighted by Crippen LogP contribution is 2.24. The minimum Gasteiger partial charge on any atom is -0.422 e. The maximum Gasteiger partial charge on any atom is 0.336 e. The quantitative estimate of drug-likeness (QED) is 0.485. The summed E-state index contributed by atoms with van der Waals surface area (Å²) in [6, 6.07) is 7.85. The van der Waals surface area contributed by atoms with E-state index in [2.05, 4.69) is 50.0 Å². The Bertz CT molecular complexity index is 1300. The smallest absolute Gasteiger partial charge is 0.336 e. The molecule has 0 atom stereocenters. The molecule has 4 heterocycles. The fourth-order valence-corrected chi connectivity index (χ4v) is 4.32. The lowest BCUT2D eigenvalue weighted by Crippen LogP contribution is -2.46. The highest BCUT2D eigenvalue weighted by Gasteiger charge is 2.21. The molecule has 1 aliphatic heterocycles. The third-order valence-electron chi connectivity index (χ3n) is 5.71. The third-order valence-corrected chi connectivity index (χ3v) is 5.71. The molecule has 8 nitrogen and oxygen atoms in total. The average molecular weight is 404 g/mol. The first-order chi connectivity index (χ1) is 14.5. The number of rotatable bonds is 3. The van der Waals surface area contributed by atoms with Gasteiger partial charge in [0, 0.05) is 55.9 Å². The van der Waals surface area contributed by atoms with Crippen LogP contribution in [-0.4, -0.2) is 50.7 Å². The molecule has 4 aromatic rings. The molecule has 8 heteroatoms. The molecule has 154 valence electrons. The molecule has 0 radical (unpaired) electrons. The normalized spacial score (nSPS) is 15.4. The predicted molar refractivity (Wildman–Crippen MR) is 115 cm³/mol. The minimum absolute atomic E-state index is 0.288. The van der Waals surface area contributed by atoms with Crippen molar-refractivity contribution in [2.45, 2.75) is 27.3 Å². The number of hydrogen-bond donors (Lipinski definition) is 0. The van der Waals surface area contributed by atoms with Crippen LogP contribution < -0.4 is 10.5 Å². The van der Waals surface area contributed by atoms with E-state index in [9.17, 15) is 4.79 Å². The Morgan fingerprint density at radius 1 is 1.03 bits per heavy atom. The van der Waals surface area contributed by atoms with Gasteiger partial charge in [-0.1, -0.05) is 6.07 Å². The summed E-state index contributed by atoms with van der Waals surface area (Å²) in [4.78, 5) is 25.5. The summed E-state index contributed by atoms with van der Waals surface area (Å²) in [7, 11) is 0. The van der Waals surface area contributed by atoms with Crippen molar-refractivity contribution in [3.05, 3.63) is 63.4 Å². The van der Waals surface area contributed by atoms with Gasteiger partial charge in [0.1, 0.15) is 17.7 Å². The SMILES string of the molecule is Cc1cc(C)c2oc(=O)cc(CN3CCN(c4cc(C)nc5ncnn45)CC3)c2c1. The Labute approximate surface area is 173 Å². The highest BCUT2D eigenvalue weighted by molar-refractivity contribution is 5.83. The molecular weight excluding hydrogens is 380 g/mol. The summed E-state index contributed by atoms with van der Waals surface area (Å²) in [5.74, 6) is 1.65. The van der Waals surface area contributed by atoms with Gasteiger partial charge < -0.3 is 9.32 Å². The number of piperazine rings is 1. The molecule has 3 aromatic heterocycles. The second-order valence-corrected chi connectivity index (χ2v) is 8.04. The average Bonchev–Trinajstić information content (AvgIpc) is 3.17. The van der Waals surface area contributed by atoms with E-state index in [1.165, 1.54) is 11.9 Å². The van der Waals surface area contributed by atoms with Gasteiger partial charge in [-0.25, -0.2) is 9.78 Å². The third kappa shape index (κ3) is 3.33. The Balaban J connectivity index is 1.38. The van der Waals surface area contributed by atoms with Crippen LogP contribution in [0.5, 0.6) is 0 Å². The maximum absolute atomic E-state index is 12.1. The Morgan fingerprint density at radius 3 is 2.63 bits per heavy atom. The van der Waals surface area contributed by atoms with Crippen LogP contribution in [0.1, 0.15) is 22.4 Å². The molecule has 0 unspecified atom stereocenters. The number of fused-ring (bicyclic) bond motifs is 2. The molecule has 0 saturated carbocycles. The zero-order valence-electron chi connectivity index (χ0n) is 17.4. The van der Waals surface area contributed by atoms with Gasteiger partial charge in [-0.15, -0.1) is 0 Å². The van der Waals surface area contributed by atoms with Crippen molar-refractivity contribution >= 4 is 22.6 Å². The van der Waals surface area contributed by atoms with Crippen molar-refractivity contribution in [3.8, 4) is 0 Å². The fourth-order valence-electron chi connectivity index (χ4n) is 4.32. The largest absolute Gasteiger partial charge is 0.422 e. The molecule has 0 N–H and O–H groups in total. The van der Waals surface area contributed by atoms with Gasteiger partial charge in [0.15, 0.2) is 0 Å². The zero-order chi connectivity index (χ0) is 20.8. The van der Waals surface area contributed by atoms with Crippen molar-refractivity contribution in [3.63, 3.8) is 0 Å². The van der Waals surface area contributed by atoms with E-state index in [0.717, 1.165) is 60.7 Å². The molecule has 5 rings (SSSR count). The summed E-state index contributed by atoms with van der Waals surface area (Å²) in [6.07, 6.45) is 1.54. The summed E-state index contributed by atoms with van der Waals surface area (Å²) in [5.41, 5.74) is 4.54. The molecule has 1 aliphatic rings. The maximum atomic E-state index is 12.1. The summed E-state index contributed by atoms with van der Waals surface area (Å²) in [5, 5.41) is 5.36. The van der Waals surface area contributed by atoms with Crippen LogP contribution in [0.15, 0.2) is 39.8 Å². The van der Waals surface area contributed by atoms with E-state index < -0.39 is 0 Å². The number of hydrogen-bond acceptors (Lipinski definition) is 7. The van der Waals surface area contributed by atoms with Gasteiger partial charge in [-0.3, -0.25) is 4.90 Å². The van der Waals surface area contributed by atoms with Gasteiger partial charge in [-0.05, 0) is 43.5 Å². The molecule has 1 aromatic carbocycles. The van der Waals surface area contributed by atoms with Crippen molar-refractivity contribution in [1.82, 2.24) is 24.5 Å². The van der Waals surface area contributed by atoms with Gasteiger partial charge in [0.2, 0.25) is 0 Å². The van der Waals surface area contributed by atoms with Crippen LogP contribution in [0, 0.1) is 20.8 Å². The van der Waals surface area contributed by atoms with Crippen molar-refractivity contribution in [2.24, 2.45) is 0 Å². The number of benzene rings is 1.